The van der Waals surface area contributed by atoms with Crippen molar-refractivity contribution in [3.8, 4) is 0 Å². The second-order valence-corrected chi connectivity index (χ2v) is 3.54. The molecule has 0 unspecified atom stereocenters. The Morgan fingerprint density at radius 3 is 2.67 bits per heavy atom. The highest BCUT2D eigenvalue weighted by Gasteiger charge is 2.06. The molecule has 1 rings (SSSR count). The molecule has 0 aliphatic heterocycles. The van der Waals surface area contributed by atoms with E-state index in [2.05, 4.69) is 18.9 Å². The summed E-state index contributed by atoms with van der Waals surface area (Å²) in [5.41, 5.74) is 6.93. The van der Waals surface area contributed by atoms with Gasteiger partial charge < -0.3 is 5.73 Å². The first-order chi connectivity index (χ1) is 5.61. The van der Waals surface area contributed by atoms with Crippen LogP contribution in [-0.2, 0) is 6.42 Å². The summed E-state index contributed by atoms with van der Waals surface area (Å²) in [5, 5.41) is 4.23. The minimum absolute atomic E-state index is 0.208. The van der Waals surface area contributed by atoms with Crippen molar-refractivity contribution in [2.24, 2.45) is 5.73 Å². The zero-order valence-electron chi connectivity index (χ0n) is 7.99. The molecule has 0 bridgehead atoms. The molecule has 0 saturated heterocycles. The van der Waals surface area contributed by atoms with Crippen LogP contribution in [0.1, 0.15) is 32.5 Å². The normalized spacial score (nSPS) is 13.8. The molecule has 1 aromatic heterocycles. The first-order valence-corrected chi connectivity index (χ1v) is 4.39. The van der Waals surface area contributed by atoms with Gasteiger partial charge in [-0.2, -0.15) is 5.10 Å². The van der Waals surface area contributed by atoms with Gasteiger partial charge in [-0.3, -0.25) is 4.68 Å². The lowest BCUT2D eigenvalue weighted by Gasteiger charge is -2.12. The maximum absolute atomic E-state index is 5.71. The number of hydrogen-bond acceptors (Lipinski definition) is 2. The average Bonchev–Trinajstić information content (AvgIpc) is 2.33. The third kappa shape index (κ3) is 2.08. The van der Waals surface area contributed by atoms with E-state index >= 15 is 0 Å². The van der Waals surface area contributed by atoms with Crippen LogP contribution in [0.15, 0.2) is 12.3 Å². The van der Waals surface area contributed by atoms with Gasteiger partial charge in [0, 0.05) is 30.4 Å². The van der Waals surface area contributed by atoms with Gasteiger partial charge in [0.15, 0.2) is 0 Å². The Hall–Kier alpha value is -0.830. The van der Waals surface area contributed by atoms with Crippen molar-refractivity contribution in [2.45, 2.75) is 39.3 Å². The Labute approximate surface area is 73.6 Å². The van der Waals surface area contributed by atoms with Crippen LogP contribution in [0.5, 0.6) is 0 Å². The number of aromatic nitrogens is 2. The van der Waals surface area contributed by atoms with Gasteiger partial charge >= 0.3 is 0 Å². The van der Waals surface area contributed by atoms with E-state index < -0.39 is 0 Å². The molecule has 0 aliphatic rings. The van der Waals surface area contributed by atoms with E-state index in [0.717, 1.165) is 6.42 Å². The van der Waals surface area contributed by atoms with Crippen LogP contribution in [0.25, 0.3) is 0 Å². The highest BCUT2D eigenvalue weighted by molar-refractivity contribution is 5.03. The summed E-state index contributed by atoms with van der Waals surface area (Å²) in [6.45, 7) is 6.26. The van der Waals surface area contributed by atoms with Crippen LogP contribution in [0.3, 0.4) is 0 Å². The molecule has 0 aromatic carbocycles. The lowest BCUT2D eigenvalue weighted by atomic mass is 10.2. The van der Waals surface area contributed by atoms with Gasteiger partial charge in [0.1, 0.15) is 0 Å². The number of nitrogens with zero attached hydrogens (tertiary/aromatic N) is 2. The Morgan fingerprint density at radius 1 is 1.50 bits per heavy atom. The van der Waals surface area contributed by atoms with E-state index in [9.17, 15) is 0 Å². The first-order valence-electron chi connectivity index (χ1n) is 4.39. The van der Waals surface area contributed by atoms with E-state index in [1.807, 2.05) is 23.9 Å². The maximum atomic E-state index is 5.71. The molecule has 68 valence electrons. The van der Waals surface area contributed by atoms with Gasteiger partial charge in [-0.25, -0.2) is 0 Å². The van der Waals surface area contributed by atoms with Crippen molar-refractivity contribution in [3.63, 3.8) is 0 Å². The van der Waals surface area contributed by atoms with E-state index in [1.54, 1.807) is 0 Å². The molecule has 3 nitrogen and oxygen atoms in total. The molecule has 12 heavy (non-hydrogen) atoms. The number of hydrogen-bond donors (Lipinski definition) is 1. The molecule has 0 fully saturated rings. The van der Waals surface area contributed by atoms with Crippen LogP contribution in [0.2, 0.25) is 0 Å². The van der Waals surface area contributed by atoms with Crippen molar-refractivity contribution in [2.75, 3.05) is 0 Å². The minimum atomic E-state index is 0.208. The predicted octanol–water partition coefficient (Wildman–Crippen LogP) is 1.35. The van der Waals surface area contributed by atoms with Gasteiger partial charge in [-0.1, -0.05) is 0 Å². The van der Waals surface area contributed by atoms with E-state index in [4.69, 9.17) is 5.73 Å². The lowest BCUT2D eigenvalue weighted by Crippen LogP contribution is -2.20. The standard InChI is InChI=1S/C9H17N3/c1-7(2)12-9(4-5-11-12)6-8(3)10/h4-5,7-8H,6,10H2,1-3H3/t8-/m0/s1. The van der Waals surface area contributed by atoms with Gasteiger partial charge in [0.2, 0.25) is 0 Å². The quantitative estimate of drug-likeness (QED) is 0.738. The zero-order chi connectivity index (χ0) is 9.14. The zero-order valence-corrected chi connectivity index (χ0v) is 7.99. The Kier molecular flexibility index (Phi) is 2.87. The summed E-state index contributed by atoms with van der Waals surface area (Å²) >= 11 is 0. The number of nitrogens with two attached hydrogens (primary N) is 1. The Morgan fingerprint density at radius 2 is 2.17 bits per heavy atom. The highest BCUT2D eigenvalue weighted by atomic mass is 15.3. The van der Waals surface area contributed by atoms with E-state index in [-0.39, 0.29) is 6.04 Å². The topological polar surface area (TPSA) is 43.8 Å². The van der Waals surface area contributed by atoms with Crippen molar-refractivity contribution in [1.82, 2.24) is 9.78 Å². The molecule has 1 atom stereocenters. The van der Waals surface area contributed by atoms with Crippen LogP contribution in [-0.4, -0.2) is 15.8 Å². The smallest absolute Gasteiger partial charge is 0.0492 e. The van der Waals surface area contributed by atoms with Crippen molar-refractivity contribution in [3.05, 3.63) is 18.0 Å². The van der Waals surface area contributed by atoms with E-state index in [1.165, 1.54) is 5.69 Å². The summed E-state index contributed by atoms with van der Waals surface area (Å²) in [5.74, 6) is 0. The summed E-state index contributed by atoms with van der Waals surface area (Å²) in [6, 6.07) is 2.66. The molecule has 0 amide bonds. The van der Waals surface area contributed by atoms with Crippen molar-refractivity contribution in [1.29, 1.82) is 0 Å². The van der Waals surface area contributed by atoms with Crippen molar-refractivity contribution >= 4 is 0 Å². The van der Waals surface area contributed by atoms with Crippen LogP contribution >= 0.6 is 0 Å². The fourth-order valence-corrected chi connectivity index (χ4v) is 1.30. The van der Waals surface area contributed by atoms with Gasteiger partial charge in [0.05, 0.1) is 0 Å². The largest absolute Gasteiger partial charge is 0.328 e. The molecular formula is C9H17N3. The maximum Gasteiger partial charge on any atom is 0.0492 e. The third-order valence-corrected chi connectivity index (χ3v) is 1.77. The SMILES string of the molecule is CC(C)n1nccc1C[C@H](C)N. The first kappa shape index (κ1) is 9.26. The second kappa shape index (κ2) is 3.72. The van der Waals surface area contributed by atoms with Crippen LogP contribution in [0, 0.1) is 0 Å². The molecule has 1 heterocycles. The molecule has 1 aromatic rings. The average molecular weight is 167 g/mol. The van der Waals surface area contributed by atoms with Crippen LogP contribution < -0.4 is 5.73 Å². The molecule has 0 saturated carbocycles. The van der Waals surface area contributed by atoms with Gasteiger partial charge in [-0.15, -0.1) is 0 Å². The second-order valence-electron chi connectivity index (χ2n) is 3.54. The third-order valence-electron chi connectivity index (χ3n) is 1.77. The van der Waals surface area contributed by atoms with Crippen molar-refractivity contribution < 1.29 is 0 Å². The summed E-state index contributed by atoms with van der Waals surface area (Å²) in [6.07, 6.45) is 2.73. The number of rotatable bonds is 3. The van der Waals surface area contributed by atoms with Gasteiger partial charge in [-0.05, 0) is 26.8 Å². The lowest BCUT2D eigenvalue weighted by molar-refractivity contribution is 0.500. The molecule has 2 N–H and O–H groups in total. The molecule has 0 spiro atoms. The Balaban J connectivity index is 2.77. The summed E-state index contributed by atoms with van der Waals surface area (Å²) in [7, 11) is 0. The minimum Gasteiger partial charge on any atom is -0.328 e. The monoisotopic (exact) mass is 167 g/mol. The molecule has 3 heteroatoms. The predicted molar refractivity (Wildman–Crippen MR) is 50.0 cm³/mol. The van der Waals surface area contributed by atoms with E-state index in [0.29, 0.717) is 6.04 Å². The Bertz CT molecular complexity index is 238. The molecule has 0 aliphatic carbocycles. The summed E-state index contributed by atoms with van der Waals surface area (Å²) < 4.78 is 2.02. The fourth-order valence-electron chi connectivity index (χ4n) is 1.30. The van der Waals surface area contributed by atoms with Crippen LogP contribution in [0.4, 0.5) is 0 Å². The highest BCUT2D eigenvalue weighted by Crippen LogP contribution is 2.09. The fraction of sp³-hybridized carbons (Fsp3) is 0.667. The summed E-state index contributed by atoms with van der Waals surface area (Å²) in [4.78, 5) is 0. The van der Waals surface area contributed by atoms with Gasteiger partial charge in [0.25, 0.3) is 0 Å². The molecular weight excluding hydrogens is 150 g/mol. The molecule has 0 radical (unpaired) electrons.